The van der Waals surface area contributed by atoms with Crippen molar-refractivity contribution in [2.45, 2.75) is 9.24 Å². The van der Waals surface area contributed by atoms with Crippen molar-refractivity contribution in [3.05, 3.63) is 82.4 Å². The van der Waals surface area contributed by atoms with Crippen molar-refractivity contribution < 1.29 is 27.1 Å². The Morgan fingerprint density at radius 3 is 2.62 bits per heavy atom. The molecule has 0 saturated carbocycles. The largest absolute Gasteiger partial charge is 0.493 e. The van der Waals surface area contributed by atoms with Crippen molar-refractivity contribution >= 4 is 61.2 Å². The third-order valence-electron chi connectivity index (χ3n) is 4.73. The Kier molecular flexibility index (Phi) is 8.01. The number of carbonyl (C=O) groups excluding carboxylic acids is 1. The number of fused-ring (bicyclic) bond motifs is 1. The van der Waals surface area contributed by atoms with Gasteiger partial charge in [-0.1, -0.05) is 23.9 Å². The Hall–Kier alpha value is -4.01. The van der Waals surface area contributed by atoms with E-state index in [9.17, 15) is 23.3 Å². The summed E-state index contributed by atoms with van der Waals surface area (Å²) in [4.78, 5) is 26.5. The zero-order valence-electron chi connectivity index (χ0n) is 19.1. The molecule has 0 aliphatic heterocycles. The van der Waals surface area contributed by atoms with Gasteiger partial charge in [-0.05, 0) is 48.0 Å². The number of hydrazone groups is 1. The van der Waals surface area contributed by atoms with Crippen LogP contribution in [0.2, 0.25) is 0 Å². The molecule has 0 aliphatic rings. The highest BCUT2D eigenvalue weighted by molar-refractivity contribution is 8.01. The third kappa shape index (κ3) is 6.61. The second kappa shape index (κ2) is 11.4. The smallest absolute Gasteiger partial charge is 0.339 e. The molecule has 14 heteroatoms. The van der Waals surface area contributed by atoms with Gasteiger partial charge in [0.1, 0.15) is 4.90 Å². The number of non-ortho nitro benzene ring substituents is 1. The van der Waals surface area contributed by atoms with Crippen molar-refractivity contribution in [1.82, 2.24) is 10.4 Å². The molecule has 0 saturated heterocycles. The molecule has 0 unspecified atom stereocenters. The number of para-hydroxylation sites is 1. The van der Waals surface area contributed by atoms with Gasteiger partial charge in [-0.15, -0.1) is 11.3 Å². The summed E-state index contributed by atoms with van der Waals surface area (Å²) in [5, 5.41) is 14.7. The van der Waals surface area contributed by atoms with Crippen molar-refractivity contribution in [3.8, 4) is 11.5 Å². The molecular formula is C23H18N4O7S3. The van der Waals surface area contributed by atoms with Crippen molar-refractivity contribution in [1.29, 1.82) is 0 Å². The standard InChI is InChI=1S/C23H18N4O7S3/c1-33-20-12-15(6-11-19(20)34-37(31,32)17-9-7-16(8-10-17)27(29)30)13-24-26-22(28)14-35-23-25-18-4-2-3-5-21(18)36-23/h2-13H,14H2,1H3,(H,26,28)/b24-13-. The lowest BCUT2D eigenvalue weighted by Crippen LogP contribution is -2.19. The molecule has 4 rings (SSSR count). The van der Waals surface area contributed by atoms with E-state index in [0.717, 1.165) is 38.8 Å². The van der Waals surface area contributed by atoms with E-state index in [-0.39, 0.29) is 33.7 Å². The maximum atomic E-state index is 12.6. The first-order valence-corrected chi connectivity index (χ1v) is 13.6. The number of carbonyl (C=O) groups is 1. The molecule has 0 fully saturated rings. The predicted molar refractivity (Wildman–Crippen MR) is 140 cm³/mol. The minimum atomic E-state index is -4.27. The molecule has 0 radical (unpaired) electrons. The van der Waals surface area contributed by atoms with Crippen LogP contribution in [0.4, 0.5) is 5.69 Å². The van der Waals surface area contributed by atoms with Crippen LogP contribution < -0.4 is 14.3 Å². The topological polar surface area (TPSA) is 150 Å². The monoisotopic (exact) mass is 558 g/mol. The maximum Gasteiger partial charge on any atom is 0.339 e. The minimum Gasteiger partial charge on any atom is -0.493 e. The van der Waals surface area contributed by atoms with Gasteiger partial charge >= 0.3 is 10.1 Å². The van der Waals surface area contributed by atoms with Crippen LogP contribution in [-0.2, 0) is 14.9 Å². The van der Waals surface area contributed by atoms with Crippen LogP contribution >= 0.6 is 23.1 Å². The lowest BCUT2D eigenvalue weighted by atomic mass is 10.2. The summed E-state index contributed by atoms with van der Waals surface area (Å²) in [5.41, 5.74) is 3.58. The van der Waals surface area contributed by atoms with Gasteiger partial charge in [0, 0.05) is 12.1 Å². The number of hydrogen-bond acceptors (Lipinski definition) is 11. The predicted octanol–water partition coefficient (Wildman–Crippen LogP) is 4.22. The zero-order chi connectivity index (χ0) is 26.4. The van der Waals surface area contributed by atoms with Crippen LogP contribution in [0.3, 0.4) is 0 Å². The number of aromatic nitrogens is 1. The molecule has 0 bridgehead atoms. The fourth-order valence-electron chi connectivity index (χ4n) is 2.99. The average molecular weight is 559 g/mol. The van der Waals surface area contributed by atoms with Gasteiger partial charge in [0.05, 0.1) is 34.2 Å². The SMILES string of the molecule is COc1cc(/C=N\NC(=O)CSc2nc3ccccc3s2)ccc1OS(=O)(=O)c1ccc([N+](=O)[O-])cc1. The summed E-state index contributed by atoms with van der Waals surface area (Å²) in [5.74, 6) is -0.170. The van der Waals surface area contributed by atoms with Gasteiger partial charge in [-0.2, -0.15) is 13.5 Å². The van der Waals surface area contributed by atoms with Crippen molar-refractivity contribution in [2.75, 3.05) is 12.9 Å². The summed E-state index contributed by atoms with van der Waals surface area (Å²) in [6.07, 6.45) is 1.37. The molecule has 0 aliphatic carbocycles. The van der Waals surface area contributed by atoms with Gasteiger partial charge in [0.2, 0.25) is 0 Å². The normalized spacial score (nSPS) is 11.5. The van der Waals surface area contributed by atoms with E-state index in [1.165, 1.54) is 54.6 Å². The first kappa shape index (κ1) is 26.1. The van der Waals surface area contributed by atoms with Gasteiger partial charge in [-0.3, -0.25) is 14.9 Å². The lowest BCUT2D eigenvalue weighted by Gasteiger charge is -2.11. The highest BCUT2D eigenvalue weighted by atomic mass is 32.2. The lowest BCUT2D eigenvalue weighted by molar-refractivity contribution is -0.384. The molecule has 0 spiro atoms. The number of hydrogen-bond donors (Lipinski definition) is 1. The Morgan fingerprint density at radius 1 is 1.16 bits per heavy atom. The van der Waals surface area contributed by atoms with Gasteiger partial charge < -0.3 is 8.92 Å². The van der Waals surface area contributed by atoms with Crippen LogP contribution in [0.15, 0.2) is 81.1 Å². The highest BCUT2D eigenvalue weighted by Gasteiger charge is 2.20. The first-order valence-electron chi connectivity index (χ1n) is 10.4. The number of methoxy groups -OCH3 is 1. The molecule has 3 aromatic carbocycles. The highest BCUT2D eigenvalue weighted by Crippen LogP contribution is 2.31. The molecule has 1 heterocycles. The van der Waals surface area contributed by atoms with E-state index >= 15 is 0 Å². The summed E-state index contributed by atoms with van der Waals surface area (Å²) < 4.78 is 37.3. The Morgan fingerprint density at radius 2 is 1.92 bits per heavy atom. The van der Waals surface area contributed by atoms with Crippen LogP contribution in [0.1, 0.15) is 5.56 Å². The number of benzene rings is 3. The first-order chi connectivity index (χ1) is 17.7. The number of thioether (sulfide) groups is 1. The summed E-state index contributed by atoms with van der Waals surface area (Å²) in [6, 6.07) is 16.4. The number of nitro benzene ring substituents is 1. The van der Waals surface area contributed by atoms with E-state index in [1.807, 2.05) is 24.3 Å². The Bertz CT molecular complexity index is 1550. The molecule has 11 nitrogen and oxygen atoms in total. The van der Waals surface area contributed by atoms with Crippen LogP contribution in [0, 0.1) is 10.1 Å². The minimum absolute atomic E-state index is 0.0886. The average Bonchev–Trinajstić information content (AvgIpc) is 3.31. The Labute approximate surface area is 219 Å². The molecule has 190 valence electrons. The van der Waals surface area contributed by atoms with E-state index in [4.69, 9.17) is 8.92 Å². The third-order valence-corrected chi connectivity index (χ3v) is 8.16. The molecular weight excluding hydrogens is 540 g/mol. The fourth-order valence-corrected chi connectivity index (χ4v) is 5.79. The molecule has 1 N–H and O–H groups in total. The zero-order valence-corrected chi connectivity index (χ0v) is 21.5. The van der Waals surface area contributed by atoms with E-state index < -0.39 is 15.0 Å². The van der Waals surface area contributed by atoms with E-state index in [1.54, 1.807) is 0 Å². The van der Waals surface area contributed by atoms with Gasteiger partial charge in [0.15, 0.2) is 15.8 Å². The second-order valence-corrected chi connectivity index (χ2v) is 11.0. The summed E-state index contributed by atoms with van der Waals surface area (Å²) in [6.45, 7) is 0. The van der Waals surface area contributed by atoms with Crippen molar-refractivity contribution in [3.63, 3.8) is 0 Å². The molecule has 37 heavy (non-hydrogen) atoms. The number of nitrogens with zero attached hydrogens (tertiary/aromatic N) is 3. The second-order valence-electron chi connectivity index (χ2n) is 7.23. The number of amides is 1. The van der Waals surface area contributed by atoms with Crippen LogP contribution in [-0.4, -0.2) is 43.3 Å². The van der Waals surface area contributed by atoms with Crippen LogP contribution in [0.25, 0.3) is 10.2 Å². The maximum absolute atomic E-state index is 12.6. The summed E-state index contributed by atoms with van der Waals surface area (Å²) >= 11 is 2.82. The number of rotatable bonds is 10. The number of nitro groups is 1. The van der Waals surface area contributed by atoms with Crippen LogP contribution in [0.5, 0.6) is 11.5 Å². The van der Waals surface area contributed by atoms with Crippen molar-refractivity contribution in [2.24, 2.45) is 5.10 Å². The molecule has 1 aromatic heterocycles. The van der Waals surface area contributed by atoms with Gasteiger partial charge in [-0.25, -0.2) is 10.4 Å². The number of nitrogens with one attached hydrogen (secondary N) is 1. The van der Waals surface area contributed by atoms with E-state index in [0.29, 0.717) is 5.56 Å². The van der Waals surface area contributed by atoms with Gasteiger partial charge in [0.25, 0.3) is 11.6 Å². The Balaban J connectivity index is 1.35. The quantitative estimate of drug-likeness (QED) is 0.0992. The molecule has 0 atom stereocenters. The fraction of sp³-hybridized carbons (Fsp3) is 0.0870. The molecule has 1 amide bonds. The molecule has 4 aromatic rings. The summed E-state index contributed by atoms with van der Waals surface area (Å²) in [7, 11) is -2.93. The number of thiazole rings is 1. The van der Waals surface area contributed by atoms with E-state index in [2.05, 4.69) is 15.5 Å². The number of ether oxygens (including phenoxy) is 1.